The second-order valence-corrected chi connectivity index (χ2v) is 6.05. The molecule has 9 heteroatoms. The van der Waals surface area contributed by atoms with Gasteiger partial charge in [-0.3, -0.25) is 10.1 Å². The summed E-state index contributed by atoms with van der Waals surface area (Å²) in [6.45, 7) is 3.93. The van der Waals surface area contributed by atoms with Crippen molar-refractivity contribution < 1.29 is 9.66 Å². The zero-order valence-corrected chi connectivity index (χ0v) is 12.4. The van der Waals surface area contributed by atoms with Crippen molar-refractivity contribution in [2.24, 2.45) is 0 Å². The second-order valence-electron chi connectivity index (χ2n) is 4.83. The number of hydrogen-bond donors (Lipinski definition) is 0. The quantitative estimate of drug-likeness (QED) is 0.598. The van der Waals surface area contributed by atoms with Crippen LogP contribution in [0.4, 0.5) is 17.3 Å². The zero-order chi connectivity index (χ0) is 14.7. The standard InChI is InChI=1S/C12H17N5O3S/c18-17(19)10-11(15-1-5-20-6-2-15)13-9-14-12(10)16-3-7-21-8-4-16/h9H,1-8H2. The summed E-state index contributed by atoms with van der Waals surface area (Å²) in [5.41, 5.74) is 0.0197. The maximum absolute atomic E-state index is 11.6. The van der Waals surface area contributed by atoms with Crippen molar-refractivity contribution in [3.63, 3.8) is 0 Å². The van der Waals surface area contributed by atoms with Gasteiger partial charge in [0.15, 0.2) is 0 Å². The molecule has 3 rings (SSSR count). The van der Waals surface area contributed by atoms with Crippen LogP contribution in [0.25, 0.3) is 0 Å². The Balaban J connectivity index is 1.97. The van der Waals surface area contributed by atoms with E-state index in [0.717, 1.165) is 24.6 Å². The summed E-state index contributed by atoms with van der Waals surface area (Å²) < 4.78 is 5.30. The van der Waals surface area contributed by atoms with Crippen LogP contribution in [0, 0.1) is 10.1 Å². The fourth-order valence-electron chi connectivity index (χ4n) is 2.54. The predicted molar refractivity (Wildman–Crippen MR) is 81.3 cm³/mol. The van der Waals surface area contributed by atoms with E-state index in [1.54, 1.807) is 0 Å². The molecule has 1 aromatic rings. The Morgan fingerprint density at radius 2 is 1.67 bits per heavy atom. The highest BCUT2D eigenvalue weighted by molar-refractivity contribution is 7.99. The lowest BCUT2D eigenvalue weighted by atomic mass is 10.3. The summed E-state index contributed by atoms with van der Waals surface area (Å²) in [4.78, 5) is 23.4. The second kappa shape index (κ2) is 6.44. The van der Waals surface area contributed by atoms with Gasteiger partial charge >= 0.3 is 5.69 Å². The minimum atomic E-state index is -0.359. The average molecular weight is 311 g/mol. The SMILES string of the molecule is O=[N+]([O-])c1c(N2CCOCC2)ncnc1N1CCSCC1. The fourth-order valence-corrected chi connectivity index (χ4v) is 3.44. The van der Waals surface area contributed by atoms with E-state index in [1.165, 1.54) is 6.33 Å². The van der Waals surface area contributed by atoms with E-state index >= 15 is 0 Å². The fraction of sp³-hybridized carbons (Fsp3) is 0.667. The molecule has 21 heavy (non-hydrogen) atoms. The molecule has 0 bridgehead atoms. The smallest absolute Gasteiger partial charge is 0.353 e. The Hall–Kier alpha value is -1.61. The molecule has 0 unspecified atom stereocenters. The number of nitro groups is 1. The van der Waals surface area contributed by atoms with Crippen molar-refractivity contribution in [3.05, 3.63) is 16.4 Å². The van der Waals surface area contributed by atoms with E-state index in [-0.39, 0.29) is 10.6 Å². The maximum Gasteiger partial charge on any atom is 0.353 e. The molecule has 0 radical (unpaired) electrons. The lowest BCUT2D eigenvalue weighted by molar-refractivity contribution is -0.383. The summed E-state index contributed by atoms with van der Waals surface area (Å²) in [6.07, 6.45) is 1.43. The average Bonchev–Trinajstić information content (AvgIpc) is 2.55. The number of anilines is 2. The zero-order valence-electron chi connectivity index (χ0n) is 11.6. The number of rotatable bonds is 3. The number of nitrogens with zero attached hydrogens (tertiary/aromatic N) is 5. The van der Waals surface area contributed by atoms with Crippen LogP contribution in [0.3, 0.4) is 0 Å². The Bertz CT molecular complexity index is 481. The third-order valence-corrected chi connectivity index (χ3v) is 4.53. The normalized spacial score (nSPS) is 19.6. The Morgan fingerprint density at radius 3 is 2.24 bits per heavy atom. The lowest BCUT2D eigenvalue weighted by Crippen LogP contribution is -2.38. The maximum atomic E-state index is 11.6. The monoisotopic (exact) mass is 311 g/mol. The molecule has 0 aliphatic carbocycles. The van der Waals surface area contributed by atoms with Crippen molar-refractivity contribution >= 4 is 29.1 Å². The van der Waals surface area contributed by atoms with Gasteiger partial charge < -0.3 is 14.5 Å². The molecule has 0 amide bonds. The van der Waals surface area contributed by atoms with E-state index < -0.39 is 0 Å². The molecule has 1 aromatic heterocycles. The van der Waals surface area contributed by atoms with Crippen LogP contribution >= 0.6 is 11.8 Å². The van der Waals surface area contributed by atoms with Crippen LogP contribution in [0.15, 0.2) is 6.33 Å². The molecule has 2 fully saturated rings. The van der Waals surface area contributed by atoms with Gasteiger partial charge in [0.25, 0.3) is 0 Å². The topological polar surface area (TPSA) is 84.6 Å². The van der Waals surface area contributed by atoms with Gasteiger partial charge in [0.1, 0.15) is 6.33 Å². The van der Waals surface area contributed by atoms with E-state index in [2.05, 4.69) is 9.97 Å². The molecule has 0 aromatic carbocycles. The third kappa shape index (κ3) is 3.03. The molecule has 0 saturated carbocycles. The summed E-state index contributed by atoms with van der Waals surface area (Å²) in [7, 11) is 0. The molecule has 0 atom stereocenters. The molecule has 2 aliphatic rings. The molecule has 114 valence electrons. The van der Waals surface area contributed by atoms with Gasteiger partial charge in [-0.2, -0.15) is 11.8 Å². The highest BCUT2D eigenvalue weighted by Gasteiger charge is 2.31. The molecule has 3 heterocycles. The molecule has 0 spiro atoms. The van der Waals surface area contributed by atoms with Crippen LogP contribution in [0.2, 0.25) is 0 Å². The Morgan fingerprint density at radius 1 is 1.10 bits per heavy atom. The Labute approximate surface area is 126 Å². The number of aromatic nitrogens is 2. The van der Waals surface area contributed by atoms with Gasteiger partial charge in [-0.05, 0) is 0 Å². The summed E-state index contributed by atoms with van der Waals surface area (Å²) in [5, 5.41) is 11.6. The Kier molecular flexibility index (Phi) is 4.39. The van der Waals surface area contributed by atoms with Crippen LogP contribution in [0.1, 0.15) is 0 Å². The minimum absolute atomic E-state index is 0.0197. The van der Waals surface area contributed by atoms with E-state index in [9.17, 15) is 10.1 Å². The van der Waals surface area contributed by atoms with Crippen LogP contribution in [0.5, 0.6) is 0 Å². The van der Waals surface area contributed by atoms with Crippen molar-refractivity contribution in [2.75, 3.05) is 60.7 Å². The van der Waals surface area contributed by atoms with Crippen LogP contribution in [-0.2, 0) is 4.74 Å². The van der Waals surface area contributed by atoms with Crippen molar-refractivity contribution in [2.45, 2.75) is 0 Å². The van der Waals surface area contributed by atoms with Crippen molar-refractivity contribution in [1.29, 1.82) is 0 Å². The summed E-state index contributed by atoms with van der Waals surface area (Å²) >= 11 is 1.86. The third-order valence-electron chi connectivity index (χ3n) is 3.59. The van der Waals surface area contributed by atoms with Crippen molar-refractivity contribution in [3.8, 4) is 0 Å². The molecule has 2 saturated heterocycles. The number of morpholine rings is 1. The lowest BCUT2D eigenvalue weighted by Gasteiger charge is -2.30. The van der Waals surface area contributed by atoms with Gasteiger partial charge in [0.2, 0.25) is 11.6 Å². The minimum Gasteiger partial charge on any atom is -0.378 e. The first-order valence-corrected chi connectivity index (χ1v) is 8.07. The van der Waals surface area contributed by atoms with E-state index in [1.807, 2.05) is 21.6 Å². The first-order chi connectivity index (χ1) is 10.3. The molecule has 2 aliphatic heterocycles. The number of ether oxygens (including phenoxy) is 1. The molecular weight excluding hydrogens is 294 g/mol. The number of thioether (sulfide) groups is 1. The first-order valence-electron chi connectivity index (χ1n) is 6.92. The van der Waals surface area contributed by atoms with Gasteiger partial charge in [-0.1, -0.05) is 0 Å². The van der Waals surface area contributed by atoms with Gasteiger partial charge in [0.05, 0.1) is 18.1 Å². The van der Waals surface area contributed by atoms with Crippen molar-refractivity contribution in [1.82, 2.24) is 9.97 Å². The largest absolute Gasteiger partial charge is 0.378 e. The van der Waals surface area contributed by atoms with E-state index in [0.29, 0.717) is 37.9 Å². The highest BCUT2D eigenvalue weighted by atomic mass is 32.2. The van der Waals surface area contributed by atoms with Gasteiger partial charge in [-0.15, -0.1) is 0 Å². The molecule has 8 nitrogen and oxygen atoms in total. The summed E-state index contributed by atoms with van der Waals surface area (Å²) in [5.74, 6) is 2.78. The highest BCUT2D eigenvalue weighted by Crippen LogP contribution is 2.35. The number of hydrogen-bond acceptors (Lipinski definition) is 8. The van der Waals surface area contributed by atoms with E-state index in [4.69, 9.17) is 4.74 Å². The van der Waals surface area contributed by atoms with Gasteiger partial charge in [-0.25, -0.2) is 9.97 Å². The predicted octanol–water partition coefficient (Wildman–Crippen LogP) is 0.775. The molecular formula is C12H17N5O3S. The van der Waals surface area contributed by atoms with Gasteiger partial charge in [0, 0.05) is 37.7 Å². The van der Waals surface area contributed by atoms with Crippen LogP contribution < -0.4 is 9.80 Å². The van der Waals surface area contributed by atoms with Crippen LogP contribution in [-0.4, -0.2) is 65.8 Å². The first kappa shape index (κ1) is 14.3. The summed E-state index contributed by atoms with van der Waals surface area (Å²) in [6, 6.07) is 0. The molecule has 0 N–H and O–H groups in total.